The van der Waals surface area contributed by atoms with Crippen LogP contribution in [0.4, 0.5) is 0 Å². The van der Waals surface area contributed by atoms with Crippen molar-refractivity contribution < 1.29 is 19.1 Å². The molecule has 2 amide bonds. The minimum absolute atomic E-state index is 0.118. The molecule has 18 heavy (non-hydrogen) atoms. The van der Waals surface area contributed by atoms with Crippen molar-refractivity contribution in [3.05, 3.63) is 23.8 Å². The molecule has 6 heteroatoms. The number of benzene rings is 1. The molecule has 0 atom stereocenters. The van der Waals surface area contributed by atoms with Crippen LogP contribution in [-0.4, -0.2) is 31.7 Å². The summed E-state index contributed by atoms with van der Waals surface area (Å²) >= 11 is 0. The van der Waals surface area contributed by atoms with E-state index in [0.717, 1.165) is 0 Å². The van der Waals surface area contributed by atoms with Gasteiger partial charge in [0.1, 0.15) is 0 Å². The Kier molecular flexibility index (Phi) is 3.66. The molecule has 0 unspecified atom stereocenters. The Morgan fingerprint density at radius 3 is 2.67 bits per heavy atom. The Hall–Kier alpha value is -2.24. The largest absolute Gasteiger partial charge is 0.454 e. The Labute approximate surface area is 104 Å². The molecule has 0 aliphatic carbocycles. The summed E-state index contributed by atoms with van der Waals surface area (Å²) in [4.78, 5) is 22.4. The maximum atomic E-state index is 11.8. The predicted octanol–water partition coefficient (Wildman–Crippen LogP) is 0.281. The smallest absolute Gasteiger partial charge is 0.251 e. The molecule has 96 valence electrons. The zero-order chi connectivity index (χ0) is 13.0. The van der Waals surface area contributed by atoms with E-state index in [1.165, 1.54) is 6.92 Å². The number of fused-ring (bicyclic) bond motifs is 1. The maximum Gasteiger partial charge on any atom is 0.251 e. The van der Waals surface area contributed by atoms with Crippen LogP contribution in [0.5, 0.6) is 11.5 Å². The van der Waals surface area contributed by atoms with Gasteiger partial charge in [-0.15, -0.1) is 0 Å². The second-order valence-electron chi connectivity index (χ2n) is 3.81. The molecule has 0 radical (unpaired) electrons. The highest BCUT2D eigenvalue weighted by atomic mass is 16.7. The van der Waals surface area contributed by atoms with Crippen molar-refractivity contribution in [2.45, 2.75) is 6.92 Å². The molecule has 0 fully saturated rings. The van der Waals surface area contributed by atoms with Gasteiger partial charge in [-0.3, -0.25) is 9.59 Å². The number of amides is 2. The lowest BCUT2D eigenvalue weighted by Gasteiger charge is -2.06. The summed E-state index contributed by atoms with van der Waals surface area (Å²) in [6, 6.07) is 5.00. The van der Waals surface area contributed by atoms with Gasteiger partial charge in [0.15, 0.2) is 11.5 Å². The van der Waals surface area contributed by atoms with Crippen LogP contribution in [0.2, 0.25) is 0 Å². The normalized spacial score (nSPS) is 12.1. The van der Waals surface area contributed by atoms with E-state index in [0.29, 0.717) is 30.2 Å². The van der Waals surface area contributed by atoms with E-state index in [2.05, 4.69) is 10.6 Å². The first-order valence-corrected chi connectivity index (χ1v) is 5.59. The summed E-state index contributed by atoms with van der Waals surface area (Å²) in [5.74, 6) is 0.889. The molecule has 1 aromatic rings. The first kappa shape index (κ1) is 12.2. The minimum atomic E-state index is -0.210. The SMILES string of the molecule is CC(=O)NCCNC(=O)c1ccc2c(c1)OCO2. The first-order chi connectivity index (χ1) is 8.66. The van der Waals surface area contributed by atoms with E-state index in [-0.39, 0.29) is 18.6 Å². The number of hydrogen-bond donors (Lipinski definition) is 2. The topological polar surface area (TPSA) is 76.7 Å². The molecule has 1 aliphatic rings. The number of nitrogens with one attached hydrogen (secondary N) is 2. The molecular weight excluding hydrogens is 236 g/mol. The number of rotatable bonds is 4. The van der Waals surface area contributed by atoms with Gasteiger partial charge in [0, 0.05) is 25.6 Å². The number of ether oxygens (including phenoxy) is 2. The third-order valence-electron chi connectivity index (χ3n) is 2.42. The summed E-state index contributed by atoms with van der Waals surface area (Å²) in [7, 11) is 0. The number of carbonyl (C=O) groups excluding carboxylic acids is 2. The quantitative estimate of drug-likeness (QED) is 0.753. The third-order valence-corrected chi connectivity index (χ3v) is 2.42. The van der Waals surface area contributed by atoms with E-state index in [9.17, 15) is 9.59 Å². The molecule has 0 spiro atoms. The standard InChI is InChI=1S/C12H14N2O4/c1-8(15)13-4-5-14-12(16)9-2-3-10-11(6-9)18-7-17-10/h2-3,6H,4-5,7H2,1H3,(H,13,15)(H,14,16). The Bertz CT molecular complexity index is 473. The second kappa shape index (κ2) is 5.39. The molecule has 0 saturated heterocycles. The van der Waals surface area contributed by atoms with E-state index in [4.69, 9.17) is 9.47 Å². The zero-order valence-electron chi connectivity index (χ0n) is 9.99. The second-order valence-corrected chi connectivity index (χ2v) is 3.81. The molecule has 1 heterocycles. The fourth-order valence-corrected chi connectivity index (χ4v) is 1.55. The van der Waals surface area contributed by atoms with Gasteiger partial charge in [0.25, 0.3) is 5.91 Å². The Balaban J connectivity index is 1.87. The highest BCUT2D eigenvalue weighted by Gasteiger charge is 2.15. The lowest BCUT2D eigenvalue weighted by Crippen LogP contribution is -2.33. The van der Waals surface area contributed by atoms with Crippen molar-refractivity contribution in [3.8, 4) is 11.5 Å². The van der Waals surface area contributed by atoms with Crippen molar-refractivity contribution in [1.29, 1.82) is 0 Å². The van der Waals surface area contributed by atoms with Crippen molar-refractivity contribution in [2.75, 3.05) is 19.9 Å². The van der Waals surface area contributed by atoms with Crippen LogP contribution in [0.25, 0.3) is 0 Å². The van der Waals surface area contributed by atoms with Gasteiger partial charge in [-0.2, -0.15) is 0 Å². The van der Waals surface area contributed by atoms with Crippen LogP contribution in [0.1, 0.15) is 17.3 Å². The van der Waals surface area contributed by atoms with E-state index >= 15 is 0 Å². The van der Waals surface area contributed by atoms with Gasteiger partial charge in [0.2, 0.25) is 12.7 Å². The van der Waals surface area contributed by atoms with Crippen molar-refractivity contribution >= 4 is 11.8 Å². The molecule has 6 nitrogen and oxygen atoms in total. The third kappa shape index (κ3) is 2.91. The Morgan fingerprint density at radius 1 is 1.17 bits per heavy atom. The van der Waals surface area contributed by atoms with Gasteiger partial charge < -0.3 is 20.1 Å². The first-order valence-electron chi connectivity index (χ1n) is 5.59. The molecule has 0 saturated carbocycles. The average molecular weight is 250 g/mol. The summed E-state index contributed by atoms with van der Waals surface area (Å²) in [5, 5.41) is 5.29. The van der Waals surface area contributed by atoms with Crippen molar-refractivity contribution in [2.24, 2.45) is 0 Å². The molecule has 2 rings (SSSR count). The fourth-order valence-electron chi connectivity index (χ4n) is 1.55. The highest BCUT2D eigenvalue weighted by Crippen LogP contribution is 2.32. The summed E-state index contributed by atoms with van der Waals surface area (Å²) in [6.45, 7) is 2.40. The van der Waals surface area contributed by atoms with E-state index < -0.39 is 0 Å². The van der Waals surface area contributed by atoms with E-state index in [1.54, 1.807) is 18.2 Å². The van der Waals surface area contributed by atoms with Gasteiger partial charge in [0.05, 0.1) is 0 Å². The van der Waals surface area contributed by atoms with Gasteiger partial charge in [-0.25, -0.2) is 0 Å². The van der Waals surface area contributed by atoms with Gasteiger partial charge in [-0.1, -0.05) is 0 Å². The molecule has 1 aliphatic heterocycles. The van der Waals surface area contributed by atoms with E-state index in [1.807, 2.05) is 0 Å². The molecule has 0 aromatic heterocycles. The number of carbonyl (C=O) groups is 2. The van der Waals surface area contributed by atoms with Crippen LogP contribution < -0.4 is 20.1 Å². The predicted molar refractivity (Wildman–Crippen MR) is 63.6 cm³/mol. The van der Waals surface area contributed by atoms with Crippen molar-refractivity contribution in [1.82, 2.24) is 10.6 Å². The lowest BCUT2D eigenvalue weighted by atomic mass is 10.2. The highest BCUT2D eigenvalue weighted by molar-refractivity contribution is 5.94. The van der Waals surface area contributed by atoms with Crippen LogP contribution in [0.15, 0.2) is 18.2 Å². The van der Waals surface area contributed by atoms with Crippen LogP contribution in [0.3, 0.4) is 0 Å². The summed E-state index contributed by atoms with van der Waals surface area (Å²) in [5.41, 5.74) is 0.502. The zero-order valence-corrected chi connectivity index (χ0v) is 9.99. The minimum Gasteiger partial charge on any atom is -0.454 e. The Morgan fingerprint density at radius 2 is 1.89 bits per heavy atom. The van der Waals surface area contributed by atoms with Crippen molar-refractivity contribution in [3.63, 3.8) is 0 Å². The van der Waals surface area contributed by atoms with Gasteiger partial charge in [-0.05, 0) is 18.2 Å². The summed E-state index contributed by atoms with van der Waals surface area (Å²) in [6.07, 6.45) is 0. The maximum absolute atomic E-state index is 11.8. The molecule has 1 aromatic carbocycles. The lowest BCUT2D eigenvalue weighted by molar-refractivity contribution is -0.118. The molecule has 2 N–H and O–H groups in total. The van der Waals surface area contributed by atoms with Crippen LogP contribution in [0, 0.1) is 0 Å². The van der Waals surface area contributed by atoms with Gasteiger partial charge >= 0.3 is 0 Å². The van der Waals surface area contributed by atoms with Crippen LogP contribution in [-0.2, 0) is 4.79 Å². The number of hydrogen-bond acceptors (Lipinski definition) is 4. The van der Waals surface area contributed by atoms with Crippen LogP contribution >= 0.6 is 0 Å². The molecule has 0 bridgehead atoms. The monoisotopic (exact) mass is 250 g/mol. The average Bonchev–Trinajstić information content (AvgIpc) is 2.81. The fraction of sp³-hybridized carbons (Fsp3) is 0.333. The molecular formula is C12H14N2O4. The summed E-state index contributed by atoms with van der Waals surface area (Å²) < 4.78 is 10.3.